The van der Waals surface area contributed by atoms with Crippen LogP contribution in [-0.4, -0.2) is 31.6 Å². The number of nitrogens with zero attached hydrogens (tertiary/aromatic N) is 1. The van der Waals surface area contributed by atoms with E-state index in [0.29, 0.717) is 22.7 Å². The van der Waals surface area contributed by atoms with Crippen LogP contribution in [0.1, 0.15) is 5.56 Å². The number of anilines is 1. The van der Waals surface area contributed by atoms with Gasteiger partial charge in [0.05, 0.1) is 12.8 Å². The highest BCUT2D eigenvalue weighted by atomic mass is 79.9. The first kappa shape index (κ1) is 20.3. The molecule has 3 rings (SSSR count). The Bertz CT molecular complexity index is 1010. The molecule has 1 aliphatic heterocycles. The van der Waals surface area contributed by atoms with Crippen LogP contribution in [-0.2, 0) is 9.59 Å². The molecular formula is C21H17BrN2O5. The summed E-state index contributed by atoms with van der Waals surface area (Å²) < 4.78 is 11.4. The molecule has 29 heavy (non-hydrogen) atoms. The highest BCUT2D eigenvalue weighted by Crippen LogP contribution is 2.28. The molecule has 1 fully saturated rings. The van der Waals surface area contributed by atoms with Crippen molar-refractivity contribution in [1.29, 1.82) is 0 Å². The number of amides is 4. The molecule has 2 aromatic carbocycles. The number of urea groups is 1. The summed E-state index contributed by atoms with van der Waals surface area (Å²) in [6.45, 7) is 3.86. The van der Waals surface area contributed by atoms with Gasteiger partial charge in [0.15, 0.2) is 0 Å². The number of benzene rings is 2. The molecule has 0 atom stereocenters. The van der Waals surface area contributed by atoms with Crippen molar-refractivity contribution in [2.75, 3.05) is 18.6 Å². The van der Waals surface area contributed by atoms with Crippen LogP contribution < -0.4 is 19.7 Å². The minimum Gasteiger partial charge on any atom is -0.497 e. The molecule has 1 aliphatic rings. The molecule has 1 heterocycles. The van der Waals surface area contributed by atoms with Gasteiger partial charge in [-0.3, -0.25) is 14.9 Å². The summed E-state index contributed by atoms with van der Waals surface area (Å²) in [5.41, 5.74) is 0.620. The number of barbiturate groups is 1. The molecule has 0 saturated carbocycles. The van der Waals surface area contributed by atoms with E-state index in [9.17, 15) is 14.4 Å². The van der Waals surface area contributed by atoms with Gasteiger partial charge in [-0.1, -0.05) is 28.6 Å². The molecule has 0 spiro atoms. The van der Waals surface area contributed by atoms with Crippen molar-refractivity contribution in [2.24, 2.45) is 0 Å². The zero-order valence-corrected chi connectivity index (χ0v) is 17.1. The fourth-order valence-electron chi connectivity index (χ4n) is 2.69. The quantitative estimate of drug-likeness (QED) is 0.407. The number of ether oxygens (including phenoxy) is 2. The van der Waals surface area contributed by atoms with Crippen molar-refractivity contribution in [3.8, 4) is 11.5 Å². The Labute approximate surface area is 175 Å². The monoisotopic (exact) mass is 456 g/mol. The topological polar surface area (TPSA) is 84.9 Å². The zero-order chi connectivity index (χ0) is 21.0. The third-order valence-electron chi connectivity index (χ3n) is 4.06. The third-order valence-corrected chi connectivity index (χ3v) is 4.55. The molecule has 4 amide bonds. The van der Waals surface area contributed by atoms with E-state index >= 15 is 0 Å². The maximum Gasteiger partial charge on any atom is 0.335 e. The van der Waals surface area contributed by atoms with E-state index in [1.807, 2.05) is 0 Å². The predicted octanol–water partition coefficient (Wildman–Crippen LogP) is 3.69. The van der Waals surface area contributed by atoms with E-state index in [2.05, 4.69) is 27.8 Å². The highest BCUT2D eigenvalue weighted by molar-refractivity contribution is 9.10. The van der Waals surface area contributed by atoms with Crippen LogP contribution in [0.25, 0.3) is 6.08 Å². The van der Waals surface area contributed by atoms with Crippen LogP contribution in [0.2, 0.25) is 0 Å². The van der Waals surface area contributed by atoms with Crippen LogP contribution in [0.15, 0.2) is 65.2 Å². The highest BCUT2D eigenvalue weighted by Gasteiger charge is 2.37. The molecule has 0 bridgehead atoms. The van der Waals surface area contributed by atoms with Gasteiger partial charge in [-0.15, -0.1) is 0 Å². The normalized spacial score (nSPS) is 15.3. The van der Waals surface area contributed by atoms with Gasteiger partial charge in [0.2, 0.25) is 0 Å². The number of carbonyl (C=O) groups is 3. The van der Waals surface area contributed by atoms with Crippen molar-refractivity contribution in [3.63, 3.8) is 0 Å². The summed E-state index contributed by atoms with van der Waals surface area (Å²) in [4.78, 5) is 38.6. The van der Waals surface area contributed by atoms with Crippen molar-refractivity contribution in [1.82, 2.24) is 5.32 Å². The second-order valence-corrected chi connectivity index (χ2v) is 6.85. The molecule has 8 heteroatoms. The van der Waals surface area contributed by atoms with Gasteiger partial charge in [0.1, 0.15) is 23.7 Å². The molecule has 1 N–H and O–H groups in total. The molecule has 0 radical (unpaired) electrons. The average molecular weight is 457 g/mol. The van der Waals surface area contributed by atoms with Crippen LogP contribution in [0, 0.1) is 0 Å². The molecule has 148 valence electrons. The first-order valence-corrected chi connectivity index (χ1v) is 9.32. The van der Waals surface area contributed by atoms with Gasteiger partial charge in [0, 0.05) is 10.0 Å². The first-order chi connectivity index (χ1) is 13.9. The number of methoxy groups -OCH3 is 1. The Morgan fingerprint density at radius 3 is 2.52 bits per heavy atom. The van der Waals surface area contributed by atoms with Crippen molar-refractivity contribution in [3.05, 3.63) is 70.7 Å². The summed E-state index contributed by atoms with van der Waals surface area (Å²) in [7, 11) is 1.51. The number of hydrogen-bond acceptors (Lipinski definition) is 5. The van der Waals surface area contributed by atoms with Gasteiger partial charge < -0.3 is 9.47 Å². The van der Waals surface area contributed by atoms with E-state index < -0.39 is 17.8 Å². The van der Waals surface area contributed by atoms with E-state index in [1.165, 1.54) is 13.2 Å². The Morgan fingerprint density at radius 1 is 1.14 bits per heavy atom. The van der Waals surface area contributed by atoms with Crippen molar-refractivity contribution >= 4 is 45.5 Å². The second-order valence-electron chi connectivity index (χ2n) is 5.94. The molecule has 0 unspecified atom stereocenters. The fourth-order valence-corrected chi connectivity index (χ4v) is 3.07. The van der Waals surface area contributed by atoms with Gasteiger partial charge in [-0.25, -0.2) is 9.69 Å². The lowest BCUT2D eigenvalue weighted by molar-refractivity contribution is -0.122. The summed E-state index contributed by atoms with van der Waals surface area (Å²) >= 11 is 3.36. The van der Waals surface area contributed by atoms with Crippen LogP contribution in [0.3, 0.4) is 0 Å². The van der Waals surface area contributed by atoms with Crippen LogP contribution in [0.5, 0.6) is 11.5 Å². The largest absolute Gasteiger partial charge is 0.497 e. The average Bonchev–Trinajstić information content (AvgIpc) is 2.71. The van der Waals surface area contributed by atoms with Gasteiger partial charge in [-0.2, -0.15) is 0 Å². The van der Waals surface area contributed by atoms with Gasteiger partial charge in [0.25, 0.3) is 11.8 Å². The lowest BCUT2D eigenvalue weighted by Crippen LogP contribution is -2.54. The SMILES string of the molecule is C=CCOc1ccc(Br)cc1/C=C1\C(=O)NC(=O)N(c2ccc(OC)cc2)C1=O. The first-order valence-electron chi connectivity index (χ1n) is 8.53. The molecule has 0 aliphatic carbocycles. The Balaban J connectivity index is 2.01. The Hall–Kier alpha value is -3.39. The van der Waals surface area contributed by atoms with E-state index in [1.54, 1.807) is 48.5 Å². The summed E-state index contributed by atoms with van der Waals surface area (Å²) in [5, 5.41) is 2.19. The van der Waals surface area contributed by atoms with Gasteiger partial charge in [-0.05, 0) is 48.5 Å². The standard InChI is InChI=1S/C21H17BrN2O5/c1-3-10-29-18-9-4-14(22)11-13(18)12-17-19(25)23-21(27)24(20(17)26)15-5-7-16(28-2)8-6-15/h3-9,11-12H,1,10H2,2H3,(H,23,25,27)/b17-12+. The van der Waals surface area contributed by atoms with Gasteiger partial charge >= 0.3 is 6.03 Å². The maximum absolute atomic E-state index is 13.0. The lowest BCUT2D eigenvalue weighted by atomic mass is 10.1. The Morgan fingerprint density at radius 2 is 1.86 bits per heavy atom. The van der Waals surface area contributed by atoms with E-state index in [4.69, 9.17) is 9.47 Å². The molecule has 7 nitrogen and oxygen atoms in total. The minimum atomic E-state index is -0.820. The minimum absolute atomic E-state index is 0.193. The summed E-state index contributed by atoms with van der Waals surface area (Å²) in [5.74, 6) is -0.476. The maximum atomic E-state index is 13.0. The number of imide groups is 2. The van der Waals surface area contributed by atoms with Crippen LogP contribution in [0.4, 0.5) is 10.5 Å². The zero-order valence-electron chi connectivity index (χ0n) is 15.5. The molecule has 0 aromatic heterocycles. The predicted molar refractivity (Wildman–Crippen MR) is 112 cm³/mol. The number of hydrogen-bond donors (Lipinski definition) is 1. The number of nitrogens with one attached hydrogen (secondary N) is 1. The fraction of sp³-hybridized carbons (Fsp3) is 0.0952. The summed E-state index contributed by atoms with van der Waals surface area (Å²) in [6, 6.07) is 10.7. The van der Waals surface area contributed by atoms with E-state index in [0.717, 1.165) is 9.37 Å². The Kier molecular flexibility index (Phi) is 6.13. The second kappa shape index (κ2) is 8.74. The van der Waals surface area contributed by atoms with Crippen LogP contribution >= 0.6 is 15.9 Å². The van der Waals surface area contributed by atoms with E-state index in [-0.39, 0.29) is 12.2 Å². The number of carbonyl (C=O) groups excluding carboxylic acids is 3. The smallest absolute Gasteiger partial charge is 0.335 e. The third kappa shape index (κ3) is 4.38. The number of rotatable bonds is 6. The molecule has 1 saturated heterocycles. The van der Waals surface area contributed by atoms with Crippen molar-refractivity contribution < 1.29 is 23.9 Å². The number of halogens is 1. The lowest BCUT2D eigenvalue weighted by Gasteiger charge is -2.26. The molecule has 2 aromatic rings. The molecular weight excluding hydrogens is 440 g/mol. The summed E-state index contributed by atoms with van der Waals surface area (Å²) in [6.07, 6.45) is 2.98. The van der Waals surface area contributed by atoms with Crippen molar-refractivity contribution in [2.45, 2.75) is 0 Å².